The van der Waals surface area contributed by atoms with Crippen LogP contribution in [0.15, 0.2) is 0 Å². The third-order valence-electron chi connectivity index (χ3n) is 6.66. The molecule has 35 heavy (non-hydrogen) atoms. The highest BCUT2D eigenvalue weighted by atomic mass is 16.5. The van der Waals surface area contributed by atoms with Gasteiger partial charge in [0.2, 0.25) is 0 Å². The average Bonchev–Trinajstić information content (AvgIpc) is 2.82. The molecule has 0 spiro atoms. The van der Waals surface area contributed by atoms with E-state index in [2.05, 4.69) is 31.4 Å². The molecule has 0 rings (SSSR count). The zero-order valence-electron chi connectivity index (χ0n) is 23.2. The second-order valence-electron chi connectivity index (χ2n) is 10.1. The molecule has 0 aromatic carbocycles. The Morgan fingerprint density at radius 1 is 0.686 bits per heavy atom. The van der Waals surface area contributed by atoms with E-state index in [0.717, 1.165) is 51.4 Å². The van der Waals surface area contributed by atoms with Crippen LogP contribution in [0.1, 0.15) is 149 Å². The molecule has 0 unspecified atom stereocenters. The van der Waals surface area contributed by atoms with Crippen molar-refractivity contribution in [1.82, 2.24) is 10.6 Å². The van der Waals surface area contributed by atoms with Crippen molar-refractivity contribution in [3.63, 3.8) is 0 Å². The van der Waals surface area contributed by atoms with Crippen molar-refractivity contribution in [2.24, 2.45) is 5.73 Å². The molecule has 0 aliphatic carbocycles. The summed E-state index contributed by atoms with van der Waals surface area (Å²) in [6, 6.07) is 0. The summed E-state index contributed by atoms with van der Waals surface area (Å²) in [6.45, 7) is 7.06. The Morgan fingerprint density at radius 2 is 1.09 bits per heavy atom. The number of unbranched alkanes of at least 4 members (excludes halogenated alkanes) is 15. The van der Waals surface area contributed by atoms with E-state index >= 15 is 0 Å². The zero-order valence-corrected chi connectivity index (χ0v) is 23.2. The van der Waals surface area contributed by atoms with Gasteiger partial charge >= 0.3 is 5.97 Å². The summed E-state index contributed by atoms with van der Waals surface area (Å²) in [5.74, 6) is -0.676. The summed E-state index contributed by atoms with van der Waals surface area (Å²) in [6.07, 6.45) is 21.7. The summed E-state index contributed by atoms with van der Waals surface area (Å²) < 4.78 is 5.80. The molecule has 0 heterocycles. The Balaban J connectivity index is 5.16. The van der Waals surface area contributed by atoms with Crippen molar-refractivity contribution in [1.29, 1.82) is 10.8 Å². The zero-order chi connectivity index (χ0) is 26.2. The van der Waals surface area contributed by atoms with Gasteiger partial charge in [0.15, 0.2) is 11.9 Å². The molecule has 0 aliphatic rings. The maximum Gasteiger partial charge on any atom is 0.331 e. The van der Waals surface area contributed by atoms with Crippen LogP contribution in [0.5, 0.6) is 0 Å². The number of carbonyl (C=O) groups is 1. The van der Waals surface area contributed by atoms with E-state index in [1.54, 1.807) is 0 Å². The lowest BCUT2D eigenvalue weighted by Crippen LogP contribution is -2.59. The number of esters is 1. The van der Waals surface area contributed by atoms with Crippen LogP contribution in [0.2, 0.25) is 0 Å². The van der Waals surface area contributed by atoms with E-state index in [0.29, 0.717) is 19.4 Å². The van der Waals surface area contributed by atoms with Crippen LogP contribution in [0.4, 0.5) is 0 Å². The third-order valence-corrected chi connectivity index (χ3v) is 6.66. The smallest absolute Gasteiger partial charge is 0.331 e. The fraction of sp³-hybridized carbons (Fsp3) is 0.893. The van der Waals surface area contributed by atoms with Gasteiger partial charge in [-0.05, 0) is 19.3 Å². The van der Waals surface area contributed by atoms with Crippen LogP contribution in [0, 0.1) is 10.8 Å². The number of ether oxygens (including phenoxy) is 1. The van der Waals surface area contributed by atoms with Gasteiger partial charge in [-0.3, -0.25) is 16.1 Å². The van der Waals surface area contributed by atoms with Crippen LogP contribution < -0.4 is 16.4 Å². The molecule has 0 aliphatic heterocycles. The van der Waals surface area contributed by atoms with Crippen molar-refractivity contribution in [3.05, 3.63) is 0 Å². The molecule has 0 saturated heterocycles. The van der Waals surface area contributed by atoms with Crippen LogP contribution in [-0.4, -0.2) is 30.0 Å². The van der Waals surface area contributed by atoms with E-state index in [1.807, 2.05) is 0 Å². The number of rotatable bonds is 23. The Kier molecular flexibility index (Phi) is 21.5. The van der Waals surface area contributed by atoms with E-state index in [-0.39, 0.29) is 17.9 Å². The van der Waals surface area contributed by atoms with Crippen molar-refractivity contribution in [2.75, 3.05) is 6.61 Å². The molecule has 6 N–H and O–H groups in total. The fourth-order valence-electron chi connectivity index (χ4n) is 4.51. The lowest BCUT2D eigenvalue weighted by molar-refractivity contribution is -0.152. The number of nitrogens with two attached hydrogens (primary N) is 1. The second kappa shape index (κ2) is 22.7. The van der Waals surface area contributed by atoms with Crippen molar-refractivity contribution in [2.45, 2.75) is 155 Å². The quantitative estimate of drug-likeness (QED) is 0.0446. The first-order chi connectivity index (χ1) is 16.9. The molecule has 0 aromatic heterocycles. The number of carbonyl (C=O) groups excluding carboxylic acids is 1. The van der Waals surface area contributed by atoms with Crippen LogP contribution in [0.25, 0.3) is 0 Å². The predicted molar refractivity (Wildman–Crippen MR) is 149 cm³/mol. The molecule has 206 valence electrons. The van der Waals surface area contributed by atoms with Gasteiger partial charge in [-0.15, -0.1) is 0 Å². The molecule has 7 nitrogen and oxygen atoms in total. The number of guanidine groups is 2. The number of hydrogen-bond acceptors (Lipinski definition) is 4. The van der Waals surface area contributed by atoms with Crippen molar-refractivity contribution < 1.29 is 9.53 Å². The monoisotopic (exact) mass is 495 g/mol. The van der Waals surface area contributed by atoms with Gasteiger partial charge in [0, 0.05) is 0 Å². The fourth-order valence-corrected chi connectivity index (χ4v) is 4.51. The highest BCUT2D eigenvalue weighted by Crippen LogP contribution is 2.26. The molecule has 0 aromatic rings. The minimum Gasteiger partial charge on any atom is -0.464 e. The normalized spacial score (nSPS) is 11.3. The molecular weight excluding hydrogens is 438 g/mol. The van der Waals surface area contributed by atoms with E-state index < -0.39 is 5.54 Å². The molecule has 0 radical (unpaired) electrons. The SMILES string of the molecule is CCCCCCCCOC(=O)C(CCCCCCCC)(CCCCCCCC)NC(=N)NC(=N)N. The van der Waals surface area contributed by atoms with Crippen molar-refractivity contribution in [3.8, 4) is 0 Å². The maximum atomic E-state index is 13.5. The first-order valence-electron chi connectivity index (χ1n) is 14.6. The molecule has 7 heteroatoms. The number of hydrogen-bond donors (Lipinski definition) is 5. The Hall–Kier alpha value is -1.79. The summed E-state index contributed by atoms with van der Waals surface area (Å²) in [5.41, 5.74) is 4.50. The highest BCUT2D eigenvalue weighted by Gasteiger charge is 2.40. The lowest BCUT2D eigenvalue weighted by Gasteiger charge is -2.34. The van der Waals surface area contributed by atoms with E-state index in [1.165, 1.54) is 64.2 Å². The highest BCUT2D eigenvalue weighted by molar-refractivity contribution is 5.97. The van der Waals surface area contributed by atoms with E-state index in [4.69, 9.17) is 21.3 Å². The summed E-state index contributed by atoms with van der Waals surface area (Å²) in [7, 11) is 0. The minimum atomic E-state index is -0.947. The molecule has 0 bridgehead atoms. The van der Waals surface area contributed by atoms with Gasteiger partial charge in [-0.1, -0.05) is 130 Å². The summed E-state index contributed by atoms with van der Waals surface area (Å²) >= 11 is 0. The Morgan fingerprint density at radius 3 is 1.51 bits per heavy atom. The van der Waals surface area contributed by atoms with Gasteiger partial charge in [0.25, 0.3) is 0 Å². The van der Waals surface area contributed by atoms with Crippen LogP contribution in [-0.2, 0) is 9.53 Å². The topological polar surface area (TPSA) is 124 Å². The lowest BCUT2D eigenvalue weighted by atomic mass is 9.86. The minimum absolute atomic E-state index is 0.106. The molecular formula is C28H57N5O2. The van der Waals surface area contributed by atoms with Gasteiger partial charge in [-0.2, -0.15) is 0 Å². The second-order valence-corrected chi connectivity index (χ2v) is 10.1. The first-order valence-corrected chi connectivity index (χ1v) is 14.6. The Labute approximate surface area is 216 Å². The molecule has 0 saturated carbocycles. The van der Waals surface area contributed by atoms with Crippen LogP contribution >= 0.6 is 0 Å². The van der Waals surface area contributed by atoms with Crippen molar-refractivity contribution >= 4 is 17.9 Å². The molecule has 0 amide bonds. The van der Waals surface area contributed by atoms with Gasteiger partial charge < -0.3 is 15.8 Å². The summed E-state index contributed by atoms with van der Waals surface area (Å²) in [4.78, 5) is 13.5. The standard InChI is InChI=1S/C28H57N5O2/c1-4-7-10-13-16-19-22-28(33-27(31)32-26(29)30,23-20-17-14-11-8-5-2)25(34)35-24-21-18-15-12-9-6-3/h4-24H2,1-3H3,(H6,29,30,31,32,33). The van der Waals surface area contributed by atoms with Gasteiger partial charge in [0.1, 0.15) is 5.54 Å². The van der Waals surface area contributed by atoms with Gasteiger partial charge in [-0.25, -0.2) is 4.79 Å². The van der Waals surface area contributed by atoms with Crippen LogP contribution in [0.3, 0.4) is 0 Å². The summed E-state index contributed by atoms with van der Waals surface area (Å²) in [5, 5.41) is 21.4. The molecule has 0 fully saturated rings. The predicted octanol–water partition coefficient (Wildman–Crippen LogP) is 7.14. The van der Waals surface area contributed by atoms with E-state index in [9.17, 15) is 4.79 Å². The van der Waals surface area contributed by atoms with Gasteiger partial charge in [0.05, 0.1) is 6.61 Å². The first kappa shape index (κ1) is 33.2. The Bertz CT molecular complexity index is 537. The molecule has 0 atom stereocenters. The average molecular weight is 496 g/mol. The number of nitrogens with one attached hydrogen (secondary N) is 4. The largest absolute Gasteiger partial charge is 0.464 e. The third kappa shape index (κ3) is 18.2. The maximum absolute atomic E-state index is 13.5.